The van der Waals surface area contributed by atoms with Crippen LogP contribution in [0.2, 0.25) is 0 Å². The Morgan fingerprint density at radius 2 is 1.42 bits per heavy atom. The maximum Gasteiger partial charge on any atom is 0.129 e. The quantitative estimate of drug-likeness (QED) is 0.313. The van der Waals surface area contributed by atoms with Gasteiger partial charge in [-0.3, -0.25) is 4.31 Å². The lowest BCUT2D eigenvalue weighted by molar-refractivity contribution is 0.108. The number of benzene rings is 2. The third-order valence-corrected chi connectivity index (χ3v) is 4.44. The fraction of sp³-hybridized carbons (Fsp3) is 0.400. The lowest BCUT2D eigenvalue weighted by Gasteiger charge is -2.21. The molecule has 0 unspecified atom stereocenters. The summed E-state index contributed by atoms with van der Waals surface area (Å²) in [4.78, 5) is 0. The summed E-state index contributed by atoms with van der Waals surface area (Å²) in [6, 6.07) is 20.8. The van der Waals surface area contributed by atoms with Crippen molar-refractivity contribution in [2.75, 3.05) is 37.1 Å². The van der Waals surface area contributed by atoms with Crippen LogP contribution in [0.3, 0.4) is 0 Å². The number of unbranched alkanes of at least 4 members (excludes halogenated alkanes) is 1. The van der Waals surface area contributed by atoms with E-state index in [1.54, 1.807) is 11.9 Å². The molecular weight excluding hydrogens is 318 g/mol. The second-order valence-electron chi connectivity index (χ2n) is 5.49. The number of anilines is 1. The van der Waals surface area contributed by atoms with E-state index in [0.717, 1.165) is 39.1 Å². The Labute approximate surface area is 150 Å². The fourth-order valence-electron chi connectivity index (χ4n) is 2.32. The minimum Gasteiger partial charge on any atom is -0.381 e. The summed E-state index contributed by atoms with van der Waals surface area (Å²) in [5, 5.41) is 0. The molecule has 2 aromatic carbocycles. The van der Waals surface area contributed by atoms with Gasteiger partial charge in [-0.2, -0.15) is 0 Å². The second-order valence-corrected chi connectivity index (χ2v) is 6.29. The first kappa shape index (κ1) is 18.8. The molecule has 0 aromatic heterocycles. The zero-order valence-corrected chi connectivity index (χ0v) is 15.2. The number of hydrogen-bond acceptors (Lipinski definition) is 4. The van der Waals surface area contributed by atoms with Crippen molar-refractivity contribution in [1.82, 2.24) is 0 Å². The highest BCUT2D eigenvalue weighted by Crippen LogP contribution is 2.19. The first-order valence-electron chi connectivity index (χ1n) is 8.46. The van der Waals surface area contributed by atoms with Crippen molar-refractivity contribution >= 4 is 17.6 Å². The van der Waals surface area contributed by atoms with Gasteiger partial charge in [-0.05, 0) is 37.0 Å². The third kappa shape index (κ3) is 7.39. The Hall–Kier alpha value is -1.49. The van der Waals surface area contributed by atoms with Crippen LogP contribution >= 0.6 is 11.9 Å². The molecule has 0 amide bonds. The summed E-state index contributed by atoms with van der Waals surface area (Å²) >= 11 is 1.68. The van der Waals surface area contributed by atoms with Crippen molar-refractivity contribution in [2.24, 2.45) is 0 Å². The van der Waals surface area contributed by atoms with Gasteiger partial charge in [-0.1, -0.05) is 60.5 Å². The summed E-state index contributed by atoms with van der Waals surface area (Å²) in [6.07, 6.45) is 5.12. The van der Waals surface area contributed by atoms with E-state index in [-0.39, 0.29) is 0 Å². The van der Waals surface area contributed by atoms with E-state index in [9.17, 15) is 0 Å². The highest BCUT2D eigenvalue weighted by molar-refractivity contribution is 7.99. The normalized spacial score (nSPS) is 10.7. The Morgan fingerprint density at radius 1 is 0.792 bits per heavy atom. The number of rotatable bonds is 12. The van der Waals surface area contributed by atoms with Gasteiger partial charge in [0.15, 0.2) is 0 Å². The molecule has 0 aliphatic rings. The van der Waals surface area contributed by atoms with Crippen LogP contribution in [0.25, 0.3) is 0 Å². The molecule has 0 atom stereocenters. The Balaban J connectivity index is 1.46. The summed E-state index contributed by atoms with van der Waals surface area (Å²) in [5.41, 5.74) is 2.51. The first-order valence-corrected chi connectivity index (χ1v) is 9.64. The van der Waals surface area contributed by atoms with Crippen LogP contribution in [-0.4, -0.2) is 32.8 Å². The van der Waals surface area contributed by atoms with E-state index in [1.807, 2.05) is 24.3 Å². The highest BCUT2D eigenvalue weighted by Gasteiger charge is 2.03. The smallest absolute Gasteiger partial charge is 0.129 e. The van der Waals surface area contributed by atoms with Crippen molar-refractivity contribution in [3.8, 4) is 0 Å². The first-order chi connectivity index (χ1) is 11.9. The summed E-state index contributed by atoms with van der Waals surface area (Å²) in [6.45, 7) is 2.98. The molecule has 0 N–H and O–H groups in total. The van der Waals surface area contributed by atoms with Gasteiger partial charge in [-0.25, -0.2) is 0 Å². The molecule has 0 aliphatic heterocycles. The van der Waals surface area contributed by atoms with Crippen LogP contribution in [0.5, 0.6) is 0 Å². The molecule has 2 rings (SSSR count). The van der Waals surface area contributed by atoms with Crippen molar-refractivity contribution in [3.05, 3.63) is 66.2 Å². The molecular formula is C20H27NO2S. The fourth-order valence-corrected chi connectivity index (χ4v) is 2.83. The minimum atomic E-state index is 0.611. The zero-order chi connectivity index (χ0) is 16.9. The number of para-hydroxylation sites is 1. The van der Waals surface area contributed by atoms with Crippen LogP contribution in [0.4, 0.5) is 5.69 Å². The van der Waals surface area contributed by atoms with Crippen LogP contribution in [-0.2, 0) is 15.9 Å². The monoisotopic (exact) mass is 345 g/mol. The largest absolute Gasteiger partial charge is 0.381 e. The molecule has 0 spiro atoms. The van der Waals surface area contributed by atoms with Crippen molar-refractivity contribution < 1.29 is 9.47 Å². The Morgan fingerprint density at radius 3 is 2.08 bits per heavy atom. The Bertz CT molecular complexity index is 536. The topological polar surface area (TPSA) is 21.7 Å². The maximum absolute atomic E-state index is 5.77. The van der Waals surface area contributed by atoms with Crippen molar-refractivity contribution in [2.45, 2.75) is 19.3 Å². The molecule has 0 heterocycles. The molecule has 0 fully saturated rings. The molecule has 4 heteroatoms. The molecule has 0 saturated heterocycles. The van der Waals surface area contributed by atoms with Gasteiger partial charge < -0.3 is 9.47 Å². The molecule has 3 nitrogen and oxygen atoms in total. The standard InChI is InChI=1S/C20H27NO2S/c1-24-21(20-12-6-3-7-13-20)18-23-16-9-8-15-22-17-14-19-10-4-2-5-11-19/h2-7,10-13H,8-9,14-18H2,1H3. The molecule has 2 aromatic rings. The molecule has 130 valence electrons. The lowest BCUT2D eigenvalue weighted by Crippen LogP contribution is -2.18. The van der Waals surface area contributed by atoms with E-state index in [4.69, 9.17) is 9.47 Å². The maximum atomic E-state index is 5.77. The van der Waals surface area contributed by atoms with Gasteiger partial charge >= 0.3 is 0 Å². The summed E-state index contributed by atoms with van der Waals surface area (Å²) in [5.74, 6) is 0. The van der Waals surface area contributed by atoms with Crippen molar-refractivity contribution in [3.63, 3.8) is 0 Å². The van der Waals surface area contributed by atoms with Gasteiger partial charge in [0.2, 0.25) is 0 Å². The van der Waals surface area contributed by atoms with Gasteiger partial charge in [0.25, 0.3) is 0 Å². The predicted molar refractivity (Wildman–Crippen MR) is 103 cm³/mol. The van der Waals surface area contributed by atoms with Crippen LogP contribution < -0.4 is 4.31 Å². The average Bonchev–Trinajstić information content (AvgIpc) is 2.65. The third-order valence-electron chi connectivity index (χ3n) is 3.68. The molecule has 24 heavy (non-hydrogen) atoms. The number of hydrogen-bond donors (Lipinski definition) is 0. The van der Waals surface area contributed by atoms with Crippen molar-refractivity contribution in [1.29, 1.82) is 0 Å². The number of nitrogens with zero attached hydrogens (tertiary/aromatic N) is 1. The van der Waals surface area contributed by atoms with Crippen LogP contribution in [0.15, 0.2) is 60.7 Å². The lowest BCUT2D eigenvalue weighted by atomic mass is 10.2. The van der Waals surface area contributed by atoms with Crippen LogP contribution in [0.1, 0.15) is 18.4 Å². The molecule has 0 radical (unpaired) electrons. The molecule has 0 bridgehead atoms. The molecule has 0 saturated carbocycles. The van der Waals surface area contributed by atoms with E-state index in [1.165, 1.54) is 11.3 Å². The minimum absolute atomic E-state index is 0.611. The van der Waals surface area contributed by atoms with Gasteiger partial charge in [-0.15, -0.1) is 0 Å². The SMILES string of the molecule is CSN(COCCCCOCCc1ccccc1)c1ccccc1. The average molecular weight is 346 g/mol. The Kier molecular flexibility index (Phi) is 9.39. The van der Waals surface area contributed by atoms with E-state index in [0.29, 0.717) is 6.73 Å². The zero-order valence-electron chi connectivity index (χ0n) is 14.4. The molecule has 0 aliphatic carbocycles. The van der Waals surface area contributed by atoms with E-state index >= 15 is 0 Å². The second kappa shape index (κ2) is 12.0. The van der Waals surface area contributed by atoms with Gasteiger partial charge in [0.1, 0.15) is 6.73 Å². The van der Waals surface area contributed by atoms with Gasteiger partial charge in [0.05, 0.1) is 6.61 Å². The van der Waals surface area contributed by atoms with Crippen LogP contribution in [0, 0.1) is 0 Å². The van der Waals surface area contributed by atoms with Gasteiger partial charge in [0, 0.05) is 25.2 Å². The van der Waals surface area contributed by atoms with E-state index in [2.05, 4.69) is 47.0 Å². The van der Waals surface area contributed by atoms with E-state index < -0.39 is 0 Å². The summed E-state index contributed by atoms with van der Waals surface area (Å²) < 4.78 is 13.6. The summed E-state index contributed by atoms with van der Waals surface area (Å²) in [7, 11) is 0. The highest BCUT2D eigenvalue weighted by atomic mass is 32.2. The number of ether oxygens (including phenoxy) is 2. The predicted octanol–water partition coefficient (Wildman–Crippen LogP) is 4.78.